The second-order valence-corrected chi connectivity index (χ2v) is 3.22. The zero-order valence-electron chi connectivity index (χ0n) is 9.12. The molecule has 0 saturated carbocycles. The van der Waals surface area contributed by atoms with Gasteiger partial charge in [-0.15, -0.1) is 0 Å². The molecule has 0 aromatic heterocycles. The summed E-state index contributed by atoms with van der Waals surface area (Å²) in [5, 5.41) is 9.02. The average molecular weight is 190 g/mol. The predicted octanol–water partition coefficient (Wildman–Crippen LogP) is 1.79. The monoisotopic (exact) mass is 190 g/mol. The van der Waals surface area contributed by atoms with E-state index in [1.807, 2.05) is 27.7 Å². The Hall–Kier alpha value is -0.120. The van der Waals surface area contributed by atoms with Crippen LogP contribution in [-0.4, -0.2) is 30.7 Å². The van der Waals surface area contributed by atoms with Crippen LogP contribution >= 0.6 is 0 Å². The molecule has 0 heterocycles. The highest BCUT2D eigenvalue weighted by molar-refractivity contribution is 4.63. The van der Waals surface area contributed by atoms with E-state index in [0.717, 1.165) is 6.42 Å². The van der Waals surface area contributed by atoms with Gasteiger partial charge < -0.3 is 14.6 Å². The fourth-order valence-corrected chi connectivity index (χ4v) is 1.30. The lowest BCUT2D eigenvalue weighted by atomic mass is 10.0. The Kier molecular flexibility index (Phi) is 7.23. The zero-order valence-corrected chi connectivity index (χ0v) is 9.12. The van der Waals surface area contributed by atoms with Crippen LogP contribution in [0.5, 0.6) is 0 Å². The van der Waals surface area contributed by atoms with E-state index in [-0.39, 0.29) is 24.9 Å². The summed E-state index contributed by atoms with van der Waals surface area (Å²) in [5.74, 6) is 0.211. The Bertz CT molecular complexity index is 113. The van der Waals surface area contributed by atoms with Gasteiger partial charge in [-0.25, -0.2) is 0 Å². The molecule has 3 heteroatoms. The first-order valence-electron chi connectivity index (χ1n) is 5.03. The maximum atomic E-state index is 9.02. The first-order chi connectivity index (χ1) is 6.15. The van der Waals surface area contributed by atoms with Gasteiger partial charge in [-0.2, -0.15) is 0 Å². The van der Waals surface area contributed by atoms with Gasteiger partial charge in [0, 0.05) is 19.1 Å². The van der Waals surface area contributed by atoms with Crippen molar-refractivity contribution in [3.63, 3.8) is 0 Å². The minimum Gasteiger partial charge on any atom is -0.396 e. The summed E-state index contributed by atoms with van der Waals surface area (Å²) < 4.78 is 10.8. The summed E-state index contributed by atoms with van der Waals surface area (Å²) in [4.78, 5) is 0. The number of hydrogen-bond acceptors (Lipinski definition) is 3. The Morgan fingerprint density at radius 1 is 1.23 bits per heavy atom. The molecule has 0 fully saturated rings. The van der Waals surface area contributed by atoms with Gasteiger partial charge in [0.05, 0.1) is 6.10 Å². The molecule has 0 aromatic carbocycles. The van der Waals surface area contributed by atoms with Crippen molar-refractivity contribution >= 4 is 0 Å². The molecule has 0 aliphatic heterocycles. The second kappa shape index (κ2) is 7.30. The van der Waals surface area contributed by atoms with Crippen LogP contribution in [0.2, 0.25) is 0 Å². The predicted molar refractivity (Wildman–Crippen MR) is 52.5 cm³/mol. The lowest BCUT2D eigenvalue weighted by molar-refractivity contribution is -0.168. The Morgan fingerprint density at radius 2 is 1.85 bits per heavy atom. The van der Waals surface area contributed by atoms with Crippen molar-refractivity contribution in [3.05, 3.63) is 0 Å². The highest BCUT2D eigenvalue weighted by atomic mass is 16.7. The van der Waals surface area contributed by atoms with Crippen LogP contribution in [-0.2, 0) is 9.47 Å². The standard InChI is InChI=1S/C10H22O3/c1-5-10(7-11)8(3)13-9(4)12-6-2/h8-11H,5-7H2,1-4H3. The van der Waals surface area contributed by atoms with Crippen molar-refractivity contribution in [1.29, 1.82) is 0 Å². The van der Waals surface area contributed by atoms with Crippen LogP contribution in [0.1, 0.15) is 34.1 Å². The van der Waals surface area contributed by atoms with Crippen LogP contribution in [0, 0.1) is 5.92 Å². The van der Waals surface area contributed by atoms with Gasteiger partial charge >= 0.3 is 0 Å². The van der Waals surface area contributed by atoms with E-state index in [9.17, 15) is 0 Å². The van der Waals surface area contributed by atoms with Crippen molar-refractivity contribution in [2.45, 2.75) is 46.5 Å². The lowest BCUT2D eigenvalue weighted by Crippen LogP contribution is -2.28. The summed E-state index contributed by atoms with van der Waals surface area (Å²) in [5.41, 5.74) is 0. The quantitative estimate of drug-likeness (QED) is 0.622. The van der Waals surface area contributed by atoms with E-state index < -0.39 is 0 Å². The molecule has 3 nitrogen and oxygen atoms in total. The number of ether oxygens (including phenoxy) is 2. The van der Waals surface area contributed by atoms with E-state index in [4.69, 9.17) is 14.6 Å². The average Bonchev–Trinajstić information content (AvgIpc) is 2.06. The number of aliphatic hydroxyl groups is 1. The molecule has 3 atom stereocenters. The summed E-state index contributed by atoms with van der Waals surface area (Å²) in [6, 6.07) is 0. The molecule has 0 saturated heterocycles. The minimum atomic E-state index is -0.180. The van der Waals surface area contributed by atoms with Crippen molar-refractivity contribution < 1.29 is 14.6 Å². The molecule has 13 heavy (non-hydrogen) atoms. The van der Waals surface area contributed by atoms with Crippen LogP contribution in [0.3, 0.4) is 0 Å². The van der Waals surface area contributed by atoms with Crippen LogP contribution in [0.4, 0.5) is 0 Å². The van der Waals surface area contributed by atoms with Gasteiger partial charge in [0.1, 0.15) is 0 Å². The van der Waals surface area contributed by atoms with Gasteiger partial charge in [-0.05, 0) is 27.2 Å². The summed E-state index contributed by atoms with van der Waals surface area (Å²) >= 11 is 0. The lowest BCUT2D eigenvalue weighted by Gasteiger charge is -2.24. The normalized spacial score (nSPS) is 18.2. The molecule has 0 spiro atoms. The first-order valence-corrected chi connectivity index (χ1v) is 5.03. The van der Waals surface area contributed by atoms with E-state index in [2.05, 4.69) is 0 Å². The Balaban J connectivity index is 3.75. The molecule has 0 amide bonds. The van der Waals surface area contributed by atoms with Gasteiger partial charge in [-0.3, -0.25) is 0 Å². The highest BCUT2D eigenvalue weighted by Crippen LogP contribution is 2.13. The maximum absolute atomic E-state index is 9.02. The topological polar surface area (TPSA) is 38.7 Å². The summed E-state index contributed by atoms with van der Waals surface area (Å²) in [7, 11) is 0. The smallest absolute Gasteiger partial charge is 0.155 e. The Morgan fingerprint density at radius 3 is 2.23 bits per heavy atom. The van der Waals surface area contributed by atoms with Crippen LogP contribution in [0.15, 0.2) is 0 Å². The fourth-order valence-electron chi connectivity index (χ4n) is 1.30. The highest BCUT2D eigenvalue weighted by Gasteiger charge is 2.17. The second-order valence-electron chi connectivity index (χ2n) is 3.22. The number of hydrogen-bond donors (Lipinski definition) is 1. The van der Waals surface area contributed by atoms with Gasteiger partial charge in [-0.1, -0.05) is 6.92 Å². The molecule has 0 aromatic rings. The van der Waals surface area contributed by atoms with Crippen molar-refractivity contribution in [3.8, 4) is 0 Å². The van der Waals surface area contributed by atoms with Gasteiger partial charge in [0.15, 0.2) is 6.29 Å². The van der Waals surface area contributed by atoms with Crippen LogP contribution in [0.25, 0.3) is 0 Å². The molecule has 0 rings (SSSR count). The maximum Gasteiger partial charge on any atom is 0.155 e. The van der Waals surface area contributed by atoms with E-state index in [1.54, 1.807) is 0 Å². The number of aliphatic hydroxyl groups excluding tert-OH is 1. The third-order valence-electron chi connectivity index (χ3n) is 2.23. The molecule has 3 unspecified atom stereocenters. The van der Waals surface area contributed by atoms with Crippen molar-refractivity contribution in [1.82, 2.24) is 0 Å². The zero-order chi connectivity index (χ0) is 10.3. The van der Waals surface area contributed by atoms with Gasteiger partial charge in [0.2, 0.25) is 0 Å². The number of rotatable bonds is 7. The first kappa shape index (κ1) is 12.9. The van der Waals surface area contributed by atoms with Crippen molar-refractivity contribution in [2.75, 3.05) is 13.2 Å². The Labute approximate surface area is 81.0 Å². The molecule has 80 valence electrons. The third-order valence-corrected chi connectivity index (χ3v) is 2.23. The fraction of sp³-hybridized carbons (Fsp3) is 1.00. The molecule has 0 aliphatic rings. The third kappa shape index (κ3) is 5.24. The van der Waals surface area contributed by atoms with E-state index >= 15 is 0 Å². The molecule has 0 radical (unpaired) electrons. The minimum absolute atomic E-state index is 0.0524. The summed E-state index contributed by atoms with van der Waals surface area (Å²) in [6.07, 6.45) is 0.799. The largest absolute Gasteiger partial charge is 0.396 e. The SMILES string of the molecule is CCOC(C)OC(C)C(CC)CO. The summed E-state index contributed by atoms with van der Waals surface area (Å²) in [6.45, 7) is 8.67. The molecular formula is C10H22O3. The molecule has 1 N–H and O–H groups in total. The van der Waals surface area contributed by atoms with E-state index in [0.29, 0.717) is 6.61 Å². The van der Waals surface area contributed by atoms with Crippen LogP contribution < -0.4 is 0 Å². The molecule has 0 aliphatic carbocycles. The molecule has 0 bridgehead atoms. The molecular weight excluding hydrogens is 168 g/mol. The van der Waals surface area contributed by atoms with Gasteiger partial charge in [0.25, 0.3) is 0 Å². The van der Waals surface area contributed by atoms with Crippen molar-refractivity contribution in [2.24, 2.45) is 5.92 Å². The van der Waals surface area contributed by atoms with E-state index in [1.165, 1.54) is 0 Å².